The zero-order valence-electron chi connectivity index (χ0n) is 12.3. The van der Waals surface area contributed by atoms with E-state index in [-0.39, 0.29) is 5.91 Å². The van der Waals surface area contributed by atoms with Crippen LogP contribution >= 0.6 is 15.9 Å². The van der Waals surface area contributed by atoms with Gasteiger partial charge in [-0.1, -0.05) is 22.0 Å². The Morgan fingerprint density at radius 3 is 2.70 bits per heavy atom. The number of carbonyl (C=O) groups excluding carboxylic acids is 2. The summed E-state index contributed by atoms with van der Waals surface area (Å²) in [6, 6.07) is 11.0. The van der Waals surface area contributed by atoms with Crippen LogP contribution in [0.5, 0.6) is 0 Å². The molecule has 0 fully saturated rings. The van der Waals surface area contributed by atoms with E-state index in [2.05, 4.69) is 26.6 Å². The number of hydrogen-bond acceptors (Lipinski definition) is 2. The Balaban J connectivity index is 2.09. The maximum absolute atomic E-state index is 13.6. The number of hydrogen-bond donors (Lipinski definition) is 2. The van der Waals surface area contributed by atoms with Crippen LogP contribution < -0.4 is 10.6 Å². The van der Waals surface area contributed by atoms with E-state index in [9.17, 15) is 14.0 Å². The minimum Gasteiger partial charge on any atom is -0.355 e. The molecule has 0 aliphatic carbocycles. The molecule has 0 heterocycles. The zero-order valence-corrected chi connectivity index (χ0v) is 13.9. The highest BCUT2D eigenvalue weighted by molar-refractivity contribution is 9.10. The molecule has 0 bridgehead atoms. The first-order valence-electron chi connectivity index (χ1n) is 6.76. The molecule has 4 nitrogen and oxygen atoms in total. The SMILES string of the molecule is CNC(=O)c1cccc(NC(=O)/C=C/c2cc(Br)ccc2F)c1. The second kappa shape index (κ2) is 7.69. The van der Waals surface area contributed by atoms with Gasteiger partial charge in [-0.3, -0.25) is 9.59 Å². The van der Waals surface area contributed by atoms with E-state index in [0.717, 1.165) is 4.47 Å². The van der Waals surface area contributed by atoms with Gasteiger partial charge in [0.15, 0.2) is 0 Å². The fourth-order valence-electron chi connectivity index (χ4n) is 1.87. The molecule has 0 saturated heterocycles. The lowest BCUT2D eigenvalue weighted by atomic mass is 10.2. The topological polar surface area (TPSA) is 58.2 Å². The Hall–Kier alpha value is -2.47. The van der Waals surface area contributed by atoms with Crippen LogP contribution in [0.2, 0.25) is 0 Å². The second-order valence-electron chi connectivity index (χ2n) is 4.65. The van der Waals surface area contributed by atoms with Gasteiger partial charge in [-0.15, -0.1) is 0 Å². The molecule has 0 aliphatic heterocycles. The van der Waals surface area contributed by atoms with Crippen LogP contribution in [0.3, 0.4) is 0 Å². The normalized spacial score (nSPS) is 10.6. The lowest BCUT2D eigenvalue weighted by Crippen LogP contribution is -2.18. The average molecular weight is 377 g/mol. The Bertz CT molecular complexity index is 775. The molecular weight excluding hydrogens is 363 g/mol. The summed E-state index contributed by atoms with van der Waals surface area (Å²) in [6.45, 7) is 0. The van der Waals surface area contributed by atoms with E-state index >= 15 is 0 Å². The highest BCUT2D eigenvalue weighted by Gasteiger charge is 2.05. The molecule has 0 aliphatic rings. The molecule has 118 valence electrons. The van der Waals surface area contributed by atoms with Crippen LogP contribution in [0, 0.1) is 5.82 Å². The summed E-state index contributed by atoms with van der Waals surface area (Å²) >= 11 is 3.25. The van der Waals surface area contributed by atoms with E-state index in [1.165, 1.54) is 25.3 Å². The zero-order chi connectivity index (χ0) is 16.8. The molecule has 2 rings (SSSR count). The van der Waals surface area contributed by atoms with E-state index < -0.39 is 11.7 Å². The number of carbonyl (C=O) groups is 2. The number of nitrogens with one attached hydrogen (secondary N) is 2. The Morgan fingerprint density at radius 1 is 1.17 bits per heavy atom. The van der Waals surface area contributed by atoms with Crippen LogP contribution in [-0.2, 0) is 4.79 Å². The molecule has 2 amide bonds. The van der Waals surface area contributed by atoms with Crippen LogP contribution in [0.25, 0.3) is 6.08 Å². The van der Waals surface area contributed by atoms with Gasteiger partial charge in [0, 0.05) is 34.4 Å². The van der Waals surface area contributed by atoms with Crippen LogP contribution in [0.4, 0.5) is 10.1 Å². The smallest absolute Gasteiger partial charge is 0.251 e. The van der Waals surface area contributed by atoms with Gasteiger partial charge in [0.2, 0.25) is 5.91 Å². The van der Waals surface area contributed by atoms with E-state index in [1.807, 2.05) is 0 Å². The first kappa shape index (κ1) is 16.9. The third kappa shape index (κ3) is 4.75. The van der Waals surface area contributed by atoms with Gasteiger partial charge in [0.05, 0.1) is 0 Å². The summed E-state index contributed by atoms with van der Waals surface area (Å²) in [7, 11) is 1.53. The predicted molar refractivity (Wildman–Crippen MR) is 91.6 cm³/mol. The monoisotopic (exact) mass is 376 g/mol. The molecule has 0 saturated carbocycles. The molecule has 0 atom stereocenters. The van der Waals surface area contributed by atoms with Crippen molar-refractivity contribution in [2.75, 3.05) is 12.4 Å². The van der Waals surface area contributed by atoms with Gasteiger partial charge in [-0.2, -0.15) is 0 Å². The summed E-state index contributed by atoms with van der Waals surface area (Å²) in [5, 5.41) is 5.13. The second-order valence-corrected chi connectivity index (χ2v) is 5.56. The third-order valence-electron chi connectivity index (χ3n) is 2.99. The van der Waals surface area contributed by atoms with Crippen molar-refractivity contribution in [2.45, 2.75) is 0 Å². The average Bonchev–Trinajstić information content (AvgIpc) is 2.55. The lowest BCUT2D eigenvalue weighted by Gasteiger charge is -2.05. The van der Waals surface area contributed by atoms with Gasteiger partial charge in [0.1, 0.15) is 5.82 Å². The van der Waals surface area contributed by atoms with Crippen molar-refractivity contribution in [3.63, 3.8) is 0 Å². The van der Waals surface area contributed by atoms with Gasteiger partial charge < -0.3 is 10.6 Å². The first-order valence-corrected chi connectivity index (χ1v) is 7.55. The van der Waals surface area contributed by atoms with Gasteiger partial charge >= 0.3 is 0 Å². The molecule has 2 N–H and O–H groups in total. The Morgan fingerprint density at radius 2 is 1.96 bits per heavy atom. The largest absolute Gasteiger partial charge is 0.355 e. The van der Waals surface area contributed by atoms with E-state index in [0.29, 0.717) is 16.8 Å². The summed E-state index contributed by atoms with van der Waals surface area (Å²) < 4.78 is 14.3. The first-order chi connectivity index (χ1) is 11.0. The van der Waals surface area contributed by atoms with E-state index in [4.69, 9.17) is 0 Å². The highest BCUT2D eigenvalue weighted by atomic mass is 79.9. The van der Waals surface area contributed by atoms with Gasteiger partial charge in [-0.05, 0) is 42.5 Å². The van der Waals surface area contributed by atoms with Crippen LogP contribution in [-0.4, -0.2) is 18.9 Å². The van der Waals surface area contributed by atoms with Crippen molar-refractivity contribution >= 4 is 39.5 Å². The standard InChI is InChI=1S/C17H14BrFN2O2/c1-20-17(23)12-3-2-4-14(10-12)21-16(22)8-5-11-9-13(18)6-7-15(11)19/h2-10H,1H3,(H,20,23)(H,21,22)/b8-5+. The number of halogens is 2. The van der Waals surface area contributed by atoms with E-state index in [1.54, 1.807) is 36.4 Å². The van der Waals surface area contributed by atoms with Crippen molar-refractivity contribution in [1.29, 1.82) is 0 Å². The molecule has 6 heteroatoms. The molecule has 23 heavy (non-hydrogen) atoms. The maximum Gasteiger partial charge on any atom is 0.251 e. The summed E-state index contributed by atoms with van der Waals surface area (Å²) in [6.07, 6.45) is 2.62. The molecular formula is C17H14BrFN2O2. The van der Waals surface area contributed by atoms with Crippen molar-refractivity contribution < 1.29 is 14.0 Å². The summed E-state index contributed by atoms with van der Waals surface area (Å²) in [4.78, 5) is 23.4. The molecule has 0 spiro atoms. The van der Waals surface area contributed by atoms with Crippen molar-refractivity contribution in [3.05, 3.63) is 70.0 Å². The molecule has 0 aromatic heterocycles. The third-order valence-corrected chi connectivity index (χ3v) is 3.48. The molecule has 0 unspecified atom stereocenters. The Labute approximate surface area is 141 Å². The summed E-state index contributed by atoms with van der Waals surface area (Å²) in [5.74, 6) is -1.08. The maximum atomic E-state index is 13.6. The van der Waals surface area contributed by atoms with Gasteiger partial charge in [0.25, 0.3) is 5.91 Å². The number of anilines is 1. The van der Waals surface area contributed by atoms with Crippen molar-refractivity contribution in [2.24, 2.45) is 0 Å². The molecule has 2 aromatic carbocycles. The quantitative estimate of drug-likeness (QED) is 0.800. The van der Waals surface area contributed by atoms with Gasteiger partial charge in [-0.25, -0.2) is 4.39 Å². The molecule has 0 radical (unpaired) electrons. The lowest BCUT2D eigenvalue weighted by molar-refractivity contribution is -0.111. The number of amides is 2. The van der Waals surface area contributed by atoms with Crippen LogP contribution in [0.1, 0.15) is 15.9 Å². The predicted octanol–water partition coefficient (Wildman–Crippen LogP) is 3.60. The minimum absolute atomic E-state index is 0.243. The summed E-state index contributed by atoms with van der Waals surface area (Å²) in [5.41, 5.74) is 1.22. The fraction of sp³-hybridized carbons (Fsp3) is 0.0588. The van der Waals surface area contributed by atoms with Crippen molar-refractivity contribution in [3.8, 4) is 0 Å². The highest BCUT2D eigenvalue weighted by Crippen LogP contribution is 2.17. The number of rotatable bonds is 4. The Kier molecular flexibility index (Phi) is 5.65. The van der Waals surface area contributed by atoms with Crippen LogP contribution in [0.15, 0.2) is 53.0 Å². The fourth-order valence-corrected chi connectivity index (χ4v) is 2.25. The molecule has 2 aromatic rings. The van der Waals surface area contributed by atoms with Crippen molar-refractivity contribution in [1.82, 2.24) is 5.32 Å². The minimum atomic E-state index is -0.418. The number of benzene rings is 2.